The number of rotatable bonds is 4. The topological polar surface area (TPSA) is 45.2 Å². The normalized spacial score (nSPS) is 10.4. The Kier molecular flexibility index (Phi) is 4.24. The van der Waals surface area contributed by atoms with Crippen molar-refractivity contribution >= 4 is 11.6 Å². The molecule has 0 saturated carbocycles. The lowest BCUT2D eigenvalue weighted by atomic mass is 10.3. The van der Waals surface area contributed by atoms with Gasteiger partial charge in [-0.25, -0.2) is 0 Å². The van der Waals surface area contributed by atoms with E-state index in [4.69, 9.17) is 0 Å². The quantitative estimate of drug-likeness (QED) is 0.809. The van der Waals surface area contributed by atoms with E-state index in [1.165, 1.54) is 0 Å². The Labute approximate surface area is 90.3 Å². The second-order valence-electron chi connectivity index (χ2n) is 3.79. The van der Waals surface area contributed by atoms with Crippen molar-refractivity contribution < 1.29 is 4.79 Å². The van der Waals surface area contributed by atoms with Crippen LogP contribution >= 0.6 is 0 Å². The smallest absolute Gasteiger partial charge is 0.225 e. The third-order valence-electron chi connectivity index (χ3n) is 1.97. The van der Waals surface area contributed by atoms with E-state index in [9.17, 15) is 4.79 Å². The minimum Gasteiger partial charge on any atom is -0.326 e. The van der Waals surface area contributed by atoms with Gasteiger partial charge >= 0.3 is 0 Å². The van der Waals surface area contributed by atoms with E-state index in [0.29, 0.717) is 6.42 Å². The molecule has 1 heterocycles. The molecule has 1 N–H and O–H groups in total. The monoisotopic (exact) mass is 207 g/mol. The number of hydrogen-bond donors (Lipinski definition) is 1. The van der Waals surface area contributed by atoms with Gasteiger partial charge in [-0.05, 0) is 33.2 Å². The Morgan fingerprint density at radius 2 is 2.27 bits per heavy atom. The number of aromatic nitrogens is 1. The van der Waals surface area contributed by atoms with E-state index in [2.05, 4.69) is 10.3 Å². The molecule has 0 aliphatic heterocycles. The summed E-state index contributed by atoms with van der Waals surface area (Å²) in [5, 5.41) is 2.83. The van der Waals surface area contributed by atoms with Crippen LogP contribution in [0.3, 0.4) is 0 Å². The lowest BCUT2D eigenvalue weighted by molar-refractivity contribution is -0.116. The highest BCUT2D eigenvalue weighted by atomic mass is 16.1. The molecule has 0 spiro atoms. The summed E-state index contributed by atoms with van der Waals surface area (Å²) >= 11 is 0. The molecule has 82 valence electrons. The van der Waals surface area contributed by atoms with Gasteiger partial charge < -0.3 is 10.2 Å². The van der Waals surface area contributed by atoms with Crippen LogP contribution in [0.1, 0.15) is 12.1 Å². The average Bonchev–Trinajstić information content (AvgIpc) is 2.15. The number of carbonyl (C=O) groups excluding carboxylic acids is 1. The first-order valence-electron chi connectivity index (χ1n) is 4.95. The maximum atomic E-state index is 11.5. The van der Waals surface area contributed by atoms with E-state index >= 15 is 0 Å². The van der Waals surface area contributed by atoms with Crippen LogP contribution in [0.25, 0.3) is 0 Å². The van der Waals surface area contributed by atoms with Crippen molar-refractivity contribution in [2.24, 2.45) is 0 Å². The molecular formula is C11H17N3O. The van der Waals surface area contributed by atoms with E-state index in [-0.39, 0.29) is 5.91 Å². The standard InChI is InChI=1S/C11H17N3O/c1-9-8-10(4-6-12-9)13-11(15)5-7-14(2)3/h4,6,8H,5,7H2,1-3H3,(H,12,13,15). The molecular weight excluding hydrogens is 190 g/mol. The second kappa shape index (κ2) is 5.46. The lowest BCUT2D eigenvalue weighted by Gasteiger charge is -2.09. The summed E-state index contributed by atoms with van der Waals surface area (Å²) in [7, 11) is 3.90. The van der Waals surface area contributed by atoms with E-state index in [1.54, 1.807) is 12.3 Å². The summed E-state index contributed by atoms with van der Waals surface area (Å²) in [5.74, 6) is 0.0364. The van der Waals surface area contributed by atoms with Crippen molar-refractivity contribution in [3.8, 4) is 0 Å². The molecule has 1 aromatic heterocycles. The van der Waals surface area contributed by atoms with E-state index < -0.39 is 0 Å². The summed E-state index contributed by atoms with van der Waals surface area (Å²) in [6.07, 6.45) is 2.20. The van der Waals surface area contributed by atoms with Crippen molar-refractivity contribution in [3.05, 3.63) is 24.0 Å². The van der Waals surface area contributed by atoms with Crippen LogP contribution < -0.4 is 5.32 Å². The fraction of sp³-hybridized carbons (Fsp3) is 0.455. The SMILES string of the molecule is Cc1cc(NC(=O)CCN(C)C)ccn1. The van der Waals surface area contributed by atoms with Gasteiger partial charge in [0.15, 0.2) is 0 Å². The zero-order valence-corrected chi connectivity index (χ0v) is 9.45. The number of hydrogen-bond acceptors (Lipinski definition) is 3. The largest absolute Gasteiger partial charge is 0.326 e. The highest BCUT2D eigenvalue weighted by Crippen LogP contribution is 2.07. The van der Waals surface area contributed by atoms with Gasteiger partial charge in [-0.15, -0.1) is 0 Å². The number of nitrogens with one attached hydrogen (secondary N) is 1. The molecule has 0 aliphatic rings. The van der Waals surface area contributed by atoms with Crippen LogP contribution in [-0.4, -0.2) is 36.4 Å². The number of nitrogens with zero attached hydrogens (tertiary/aromatic N) is 2. The summed E-state index contributed by atoms with van der Waals surface area (Å²) in [5.41, 5.74) is 1.71. The number of aryl methyl sites for hydroxylation is 1. The zero-order chi connectivity index (χ0) is 11.3. The Hall–Kier alpha value is -1.42. The van der Waals surface area contributed by atoms with Gasteiger partial charge in [0.2, 0.25) is 5.91 Å². The summed E-state index contributed by atoms with van der Waals surface area (Å²) in [4.78, 5) is 17.5. The first-order valence-corrected chi connectivity index (χ1v) is 4.95. The van der Waals surface area contributed by atoms with Crippen LogP contribution in [0, 0.1) is 6.92 Å². The van der Waals surface area contributed by atoms with Crippen molar-refractivity contribution in [2.75, 3.05) is 26.0 Å². The predicted molar refractivity (Wildman–Crippen MR) is 60.8 cm³/mol. The Bertz CT molecular complexity index is 336. The molecule has 15 heavy (non-hydrogen) atoms. The summed E-state index contributed by atoms with van der Waals surface area (Å²) < 4.78 is 0. The van der Waals surface area contributed by atoms with E-state index in [1.807, 2.05) is 32.0 Å². The number of carbonyl (C=O) groups is 1. The molecule has 1 rings (SSSR count). The third kappa shape index (κ3) is 4.56. The Morgan fingerprint density at radius 1 is 1.53 bits per heavy atom. The Balaban J connectivity index is 2.44. The van der Waals surface area contributed by atoms with Crippen molar-refractivity contribution in [3.63, 3.8) is 0 Å². The van der Waals surface area contributed by atoms with Crippen LogP contribution in [0.5, 0.6) is 0 Å². The van der Waals surface area contributed by atoms with Gasteiger partial charge in [-0.3, -0.25) is 9.78 Å². The molecule has 0 radical (unpaired) electrons. The van der Waals surface area contributed by atoms with Gasteiger partial charge in [0, 0.05) is 30.5 Å². The third-order valence-corrected chi connectivity index (χ3v) is 1.97. The van der Waals surface area contributed by atoms with Crippen LogP contribution in [0.15, 0.2) is 18.3 Å². The number of amides is 1. The van der Waals surface area contributed by atoms with Crippen LogP contribution in [0.2, 0.25) is 0 Å². The molecule has 0 aromatic carbocycles. The molecule has 0 fully saturated rings. The van der Waals surface area contributed by atoms with Gasteiger partial charge in [-0.1, -0.05) is 0 Å². The fourth-order valence-corrected chi connectivity index (χ4v) is 1.17. The maximum absolute atomic E-state index is 11.5. The van der Waals surface area contributed by atoms with Gasteiger partial charge in [0.25, 0.3) is 0 Å². The Morgan fingerprint density at radius 3 is 2.87 bits per heavy atom. The minimum absolute atomic E-state index is 0.0364. The first-order chi connectivity index (χ1) is 7.08. The molecule has 1 aromatic rings. The highest BCUT2D eigenvalue weighted by Gasteiger charge is 2.02. The second-order valence-corrected chi connectivity index (χ2v) is 3.79. The van der Waals surface area contributed by atoms with Crippen LogP contribution in [-0.2, 0) is 4.79 Å². The average molecular weight is 207 g/mol. The first kappa shape index (κ1) is 11.7. The molecule has 0 unspecified atom stereocenters. The zero-order valence-electron chi connectivity index (χ0n) is 9.45. The predicted octanol–water partition coefficient (Wildman–Crippen LogP) is 1.28. The van der Waals surface area contributed by atoms with Gasteiger partial charge in [-0.2, -0.15) is 0 Å². The van der Waals surface area contributed by atoms with Crippen molar-refractivity contribution in [2.45, 2.75) is 13.3 Å². The molecule has 0 saturated heterocycles. The summed E-state index contributed by atoms with van der Waals surface area (Å²) in [6, 6.07) is 3.65. The minimum atomic E-state index is 0.0364. The van der Waals surface area contributed by atoms with Crippen molar-refractivity contribution in [1.82, 2.24) is 9.88 Å². The molecule has 4 nitrogen and oxygen atoms in total. The lowest BCUT2D eigenvalue weighted by Crippen LogP contribution is -2.20. The summed E-state index contributed by atoms with van der Waals surface area (Å²) in [6.45, 7) is 2.66. The highest BCUT2D eigenvalue weighted by molar-refractivity contribution is 5.90. The van der Waals surface area contributed by atoms with Gasteiger partial charge in [0.1, 0.15) is 0 Å². The maximum Gasteiger partial charge on any atom is 0.225 e. The van der Waals surface area contributed by atoms with E-state index in [0.717, 1.165) is 17.9 Å². The number of pyridine rings is 1. The molecule has 0 bridgehead atoms. The molecule has 0 atom stereocenters. The van der Waals surface area contributed by atoms with Gasteiger partial charge in [0.05, 0.1) is 0 Å². The molecule has 1 amide bonds. The molecule has 4 heteroatoms. The fourth-order valence-electron chi connectivity index (χ4n) is 1.17. The number of anilines is 1. The van der Waals surface area contributed by atoms with Crippen LogP contribution in [0.4, 0.5) is 5.69 Å². The molecule has 0 aliphatic carbocycles. The van der Waals surface area contributed by atoms with Crippen molar-refractivity contribution in [1.29, 1.82) is 0 Å².